The minimum absolute atomic E-state index is 0.802. The van der Waals surface area contributed by atoms with E-state index in [4.69, 9.17) is 0 Å². The van der Waals surface area contributed by atoms with Gasteiger partial charge in [-0.2, -0.15) is 0 Å². The largest absolute Gasteiger partial charge is 0.373 e. The van der Waals surface area contributed by atoms with Crippen LogP contribution < -0.4 is 5.32 Å². The monoisotopic (exact) mass is 266 g/mol. The van der Waals surface area contributed by atoms with Gasteiger partial charge in [-0.1, -0.05) is 0 Å². The lowest BCUT2D eigenvalue weighted by atomic mass is 10.1. The molecule has 0 amide bonds. The molecular weight excluding hydrogens is 248 g/mol. The molecule has 0 radical (unpaired) electrons. The molecule has 1 N–H and O–H groups in total. The second-order valence-electron chi connectivity index (χ2n) is 5.10. The van der Waals surface area contributed by atoms with Crippen LogP contribution >= 0.6 is 0 Å². The van der Waals surface area contributed by atoms with Gasteiger partial charge in [0.25, 0.3) is 0 Å². The van der Waals surface area contributed by atoms with Crippen molar-refractivity contribution in [2.75, 3.05) is 12.4 Å². The molecule has 2 aromatic heterocycles. The molecule has 0 aliphatic rings. The van der Waals surface area contributed by atoms with E-state index in [2.05, 4.69) is 51.9 Å². The predicted molar refractivity (Wildman–Crippen MR) is 82.1 cm³/mol. The fraction of sp³-hybridized carbons (Fsp3) is 0.250. The van der Waals surface area contributed by atoms with Crippen molar-refractivity contribution in [3.63, 3.8) is 0 Å². The van der Waals surface area contributed by atoms with Gasteiger partial charge < -0.3 is 9.88 Å². The molecule has 2 heterocycles. The number of aromatic nitrogens is 3. The zero-order chi connectivity index (χ0) is 14.1. The third-order valence-electron chi connectivity index (χ3n) is 3.67. The van der Waals surface area contributed by atoms with Crippen molar-refractivity contribution in [1.82, 2.24) is 14.5 Å². The number of rotatable bonds is 3. The SMILES string of the molecule is CNc1cc(Cn2cnc3cc(C)c(C)cc32)ccn1. The summed E-state index contributed by atoms with van der Waals surface area (Å²) < 4.78 is 2.18. The first-order valence-electron chi connectivity index (χ1n) is 6.72. The van der Waals surface area contributed by atoms with Crippen molar-refractivity contribution in [3.05, 3.63) is 53.5 Å². The number of hydrogen-bond acceptors (Lipinski definition) is 3. The van der Waals surface area contributed by atoms with Crippen LogP contribution in [0.4, 0.5) is 5.82 Å². The number of aryl methyl sites for hydroxylation is 2. The first-order valence-corrected chi connectivity index (χ1v) is 6.72. The van der Waals surface area contributed by atoms with Gasteiger partial charge in [-0.25, -0.2) is 9.97 Å². The van der Waals surface area contributed by atoms with Crippen LogP contribution in [0.15, 0.2) is 36.8 Å². The van der Waals surface area contributed by atoms with Crippen molar-refractivity contribution >= 4 is 16.9 Å². The average molecular weight is 266 g/mol. The van der Waals surface area contributed by atoms with E-state index in [-0.39, 0.29) is 0 Å². The molecule has 0 fully saturated rings. The second kappa shape index (κ2) is 4.96. The fourth-order valence-electron chi connectivity index (χ4n) is 2.35. The Labute approximate surface area is 118 Å². The maximum absolute atomic E-state index is 4.49. The van der Waals surface area contributed by atoms with E-state index < -0.39 is 0 Å². The number of fused-ring (bicyclic) bond motifs is 1. The van der Waals surface area contributed by atoms with Crippen molar-refractivity contribution in [2.24, 2.45) is 0 Å². The molecule has 3 aromatic rings. The second-order valence-corrected chi connectivity index (χ2v) is 5.10. The lowest BCUT2D eigenvalue weighted by Gasteiger charge is -2.07. The molecular formula is C16H18N4. The molecule has 0 saturated carbocycles. The molecule has 0 aliphatic carbocycles. The summed E-state index contributed by atoms with van der Waals surface area (Å²) in [4.78, 5) is 8.73. The summed E-state index contributed by atoms with van der Waals surface area (Å²) in [5.41, 5.74) is 6.02. The standard InChI is InChI=1S/C16H18N4/c1-11-6-14-15(7-12(11)2)20(10-19-14)9-13-4-5-18-16(8-13)17-3/h4-8,10H,9H2,1-3H3,(H,17,18). The van der Waals surface area contributed by atoms with Crippen molar-refractivity contribution in [1.29, 1.82) is 0 Å². The number of nitrogens with one attached hydrogen (secondary N) is 1. The Balaban J connectivity index is 2.00. The van der Waals surface area contributed by atoms with Crippen molar-refractivity contribution in [3.8, 4) is 0 Å². The fourth-order valence-corrected chi connectivity index (χ4v) is 2.35. The van der Waals surface area contributed by atoms with Gasteiger partial charge in [0, 0.05) is 19.8 Å². The highest BCUT2D eigenvalue weighted by molar-refractivity contribution is 5.77. The number of nitrogens with zero attached hydrogens (tertiary/aromatic N) is 3. The Kier molecular flexibility index (Phi) is 3.14. The smallest absolute Gasteiger partial charge is 0.125 e. The van der Waals surface area contributed by atoms with E-state index in [1.54, 1.807) is 0 Å². The quantitative estimate of drug-likeness (QED) is 0.792. The molecule has 0 aliphatic heterocycles. The number of benzene rings is 1. The highest BCUT2D eigenvalue weighted by Crippen LogP contribution is 2.19. The van der Waals surface area contributed by atoms with E-state index in [9.17, 15) is 0 Å². The van der Waals surface area contributed by atoms with Crippen LogP contribution in [0.3, 0.4) is 0 Å². The van der Waals surface area contributed by atoms with Crippen LogP contribution in [-0.4, -0.2) is 21.6 Å². The van der Waals surface area contributed by atoms with Crippen molar-refractivity contribution in [2.45, 2.75) is 20.4 Å². The Morgan fingerprint density at radius 1 is 1.10 bits per heavy atom. The third kappa shape index (κ3) is 2.25. The van der Waals surface area contributed by atoms with E-state index in [0.717, 1.165) is 17.9 Å². The lowest BCUT2D eigenvalue weighted by Crippen LogP contribution is -2.00. The average Bonchev–Trinajstić information content (AvgIpc) is 2.82. The first kappa shape index (κ1) is 12.7. The molecule has 1 aromatic carbocycles. The van der Waals surface area contributed by atoms with Crippen LogP contribution in [0.2, 0.25) is 0 Å². The summed E-state index contributed by atoms with van der Waals surface area (Å²) in [5.74, 6) is 0.888. The van der Waals surface area contributed by atoms with Crippen molar-refractivity contribution < 1.29 is 0 Å². The Bertz CT molecular complexity index is 758. The van der Waals surface area contributed by atoms with Gasteiger partial charge in [0.2, 0.25) is 0 Å². The van der Waals surface area contributed by atoms with Crippen LogP contribution in [0.1, 0.15) is 16.7 Å². The van der Waals surface area contributed by atoms with Gasteiger partial charge >= 0.3 is 0 Å². The summed E-state index contributed by atoms with van der Waals surface area (Å²) in [6.45, 7) is 5.06. The number of imidazole rings is 1. The van der Waals surface area contributed by atoms with Crippen LogP contribution in [0.25, 0.3) is 11.0 Å². The maximum atomic E-state index is 4.49. The normalized spacial score (nSPS) is 10.9. The molecule has 3 rings (SSSR count). The molecule has 0 atom stereocenters. The van der Waals surface area contributed by atoms with Gasteiger partial charge in [0.05, 0.1) is 17.4 Å². The van der Waals surface area contributed by atoms with Gasteiger partial charge in [-0.3, -0.25) is 0 Å². The molecule has 0 saturated heterocycles. The number of anilines is 1. The van der Waals surface area contributed by atoms with Gasteiger partial charge in [0.1, 0.15) is 5.82 Å². The zero-order valence-electron chi connectivity index (χ0n) is 12.0. The summed E-state index contributed by atoms with van der Waals surface area (Å²) in [6, 6.07) is 8.45. The summed E-state index contributed by atoms with van der Waals surface area (Å²) in [5, 5.41) is 3.06. The highest BCUT2D eigenvalue weighted by atomic mass is 15.0. The molecule has 102 valence electrons. The number of hydrogen-bond donors (Lipinski definition) is 1. The van der Waals surface area contributed by atoms with Gasteiger partial charge in [0.15, 0.2) is 0 Å². The predicted octanol–water partition coefficient (Wildman–Crippen LogP) is 3.14. The lowest BCUT2D eigenvalue weighted by molar-refractivity contribution is 0.822. The highest BCUT2D eigenvalue weighted by Gasteiger charge is 2.06. The summed E-state index contributed by atoms with van der Waals surface area (Å²) in [6.07, 6.45) is 3.73. The summed E-state index contributed by atoms with van der Waals surface area (Å²) >= 11 is 0. The third-order valence-corrected chi connectivity index (χ3v) is 3.67. The minimum Gasteiger partial charge on any atom is -0.373 e. The maximum Gasteiger partial charge on any atom is 0.125 e. The van der Waals surface area contributed by atoms with E-state index in [0.29, 0.717) is 0 Å². The molecule has 4 nitrogen and oxygen atoms in total. The molecule has 0 bridgehead atoms. The van der Waals surface area contributed by atoms with Gasteiger partial charge in [-0.05, 0) is 54.8 Å². The molecule has 4 heteroatoms. The minimum atomic E-state index is 0.802. The molecule has 0 spiro atoms. The van der Waals surface area contributed by atoms with Crippen LogP contribution in [-0.2, 0) is 6.54 Å². The Morgan fingerprint density at radius 3 is 2.70 bits per heavy atom. The van der Waals surface area contributed by atoms with Crippen LogP contribution in [0, 0.1) is 13.8 Å². The molecule has 0 unspecified atom stereocenters. The molecule has 20 heavy (non-hydrogen) atoms. The topological polar surface area (TPSA) is 42.7 Å². The number of pyridine rings is 1. The zero-order valence-corrected chi connectivity index (χ0v) is 12.0. The summed E-state index contributed by atoms with van der Waals surface area (Å²) in [7, 11) is 1.88. The van der Waals surface area contributed by atoms with E-state index in [1.807, 2.05) is 25.6 Å². The van der Waals surface area contributed by atoms with Crippen LogP contribution in [0.5, 0.6) is 0 Å². The Morgan fingerprint density at radius 2 is 1.90 bits per heavy atom. The van der Waals surface area contributed by atoms with Gasteiger partial charge in [-0.15, -0.1) is 0 Å². The van der Waals surface area contributed by atoms with E-state index in [1.165, 1.54) is 22.2 Å². The first-order chi connectivity index (χ1) is 9.67. The Hall–Kier alpha value is -2.36. The van der Waals surface area contributed by atoms with E-state index >= 15 is 0 Å².